The summed E-state index contributed by atoms with van der Waals surface area (Å²) < 4.78 is 0.854. The van der Waals surface area contributed by atoms with Crippen molar-refractivity contribution in [3.63, 3.8) is 0 Å². The maximum absolute atomic E-state index is 8.42. The first kappa shape index (κ1) is 9.17. The summed E-state index contributed by atoms with van der Waals surface area (Å²) in [6.07, 6.45) is 1.95. The van der Waals surface area contributed by atoms with Gasteiger partial charge in [-0.05, 0) is 28.1 Å². The summed E-state index contributed by atoms with van der Waals surface area (Å²) in [5.74, 6) is 0. The molecule has 3 nitrogen and oxygen atoms in total. The van der Waals surface area contributed by atoms with Crippen molar-refractivity contribution in [3.8, 4) is 6.07 Å². The first-order valence-electron chi connectivity index (χ1n) is 3.48. The van der Waals surface area contributed by atoms with E-state index < -0.39 is 0 Å². The molecule has 0 aliphatic carbocycles. The number of rotatable bonds is 2. The quantitative estimate of drug-likeness (QED) is 0.835. The van der Waals surface area contributed by atoms with Gasteiger partial charge in [-0.3, -0.25) is 4.98 Å². The maximum atomic E-state index is 8.42. The number of nitrogens with zero attached hydrogens (tertiary/aromatic N) is 2. The molecule has 12 heavy (non-hydrogen) atoms. The lowest BCUT2D eigenvalue weighted by Gasteiger charge is -2.07. The third-order valence-electron chi connectivity index (χ3n) is 1.45. The molecule has 62 valence electrons. The summed E-state index contributed by atoms with van der Waals surface area (Å²) in [6.45, 7) is 0. The van der Waals surface area contributed by atoms with Gasteiger partial charge < -0.3 is 5.73 Å². The van der Waals surface area contributed by atoms with Crippen LogP contribution in [-0.2, 0) is 0 Å². The van der Waals surface area contributed by atoms with Crippen molar-refractivity contribution < 1.29 is 0 Å². The highest BCUT2D eigenvalue weighted by molar-refractivity contribution is 9.10. The third kappa shape index (κ3) is 2.03. The Hall–Kier alpha value is -0.920. The molecule has 1 aromatic rings. The van der Waals surface area contributed by atoms with E-state index in [1.165, 1.54) is 0 Å². The summed E-state index contributed by atoms with van der Waals surface area (Å²) in [5, 5.41) is 8.42. The topological polar surface area (TPSA) is 62.7 Å². The molecular formula is C8H8BrN3. The van der Waals surface area contributed by atoms with Crippen molar-refractivity contribution in [2.24, 2.45) is 5.73 Å². The van der Waals surface area contributed by atoms with Crippen molar-refractivity contribution in [2.45, 2.75) is 12.5 Å². The zero-order chi connectivity index (χ0) is 8.97. The van der Waals surface area contributed by atoms with Crippen molar-refractivity contribution in [3.05, 3.63) is 28.5 Å². The van der Waals surface area contributed by atoms with Gasteiger partial charge in [0.25, 0.3) is 0 Å². The third-order valence-corrected chi connectivity index (χ3v) is 2.12. The standard InChI is InChI=1S/C8H8BrN3/c9-6-2-1-5-12-8(6)7(11)3-4-10/h1-2,5,7H,3,11H2/t7-/m0/s1. The van der Waals surface area contributed by atoms with Gasteiger partial charge in [0.1, 0.15) is 0 Å². The van der Waals surface area contributed by atoms with Crippen molar-refractivity contribution in [2.75, 3.05) is 0 Å². The number of nitrogens with two attached hydrogens (primary N) is 1. The molecule has 2 N–H and O–H groups in total. The normalized spacial score (nSPS) is 12.1. The highest BCUT2D eigenvalue weighted by Crippen LogP contribution is 2.20. The highest BCUT2D eigenvalue weighted by Gasteiger charge is 2.09. The van der Waals surface area contributed by atoms with Gasteiger partial charge in [-0.2, -0.15) is 5.26 Å². The van der Waals surface area contributed by atoms with E-state index in [1.807, 2.05) is 18.2 Å². The largest absolute Gasteiger partial charge is 0.322 e. The SMILES string of the molecule is N#CC[C@H](N)c1ncccc1Br. The van der Waals surface area contributed by atoms with Crippen LogP contribution in [0.4, 0.5) is 0 Å². The second-order valence-electron chi connectivity index (χ2n) is 2.34. The molecule has 0 aliphatic rings. The smallest absolute Gasteiger partial charge is 0.0723 e. The molecule has 1 aromatic heterocycles. The average Bonchev–Trinajstić information content (AvgIpc) is 2.05. The van der Waals surface area contributed by atoms with Crippen LogP contribution in [0.15, 0.2) is 22.8 Å². The van der Waals surface area contributed by atoms with Crippen LogP contribution in [0.2, 0.25) is 0 Å². The lowest BCUT2D eigenvalue weighted by molar-refractivity contribution is 0.715. The molecule has 0 aliphatic heterocycles. The number of pyridine rings is 1. The van der Waals surface area contributed by atoms with E-state index >= 15 is 0 Å². The second-order valence-corrected chi connectivity index (χ2v) is 3.19. The molecule has 0 fully saturated rings. The van der Waals surface area contributed by atoms with Crippen LogP contribution in [0.25, 0.3) is 0 Å². The molecule has 0 bridgehead atoms. The minimum atomic E-state index is -0.300. The Morgan fingerprint density at radius 1 is 1.75 bits per heavy atom. The average molecular weight is 226 g/mol. The predicted molar refractivity (Wildman–Crippen MR) is 49.1 cm³/mol. The van der Waals surface area contributed by atoms with Crippen molar-refractivity contribution in [1.82, 2.24) is 4.98 Å². The summed E-state index contributed by atoms with van der Waals surface area (Å²) in [6, 6.07) is 5.38. The number of aromatic nitrogens is 1. The molecule has 1 heterocycles. The van der Waals surface area contributed by atoms with Crippen molar-refractivity contribution in [1.29, 1.82) is 5.26 Å². The number of hydrogen-bond donors (Lipinski definition) is 1. The zero-order valence-electron chi connectivity index (χ0n) is 6.37. The van der Waals surface area contributed by atoms with Crippen LogP contribution < -0.4 is 5.73 Å². The Bertz CT molecular complexity index is 305. The minimum Gasteiger partial charge on any atom is -0.322 e. The van der Waals surface area contributed by atoms with Gasteiger partial charge in [-0.1, -0.05) is 0 Å². The summed E-state index contributed by atoms with van der Waals surface area (Å²) >= 11 is 3.31. The van der Waals surface area contributed by atoms with Gasteiger partial charge >= 0.3 is 0 Å². The van der Waals surface area contributed by atoms with Crippen molar-refractivity contribution >= 4 is 15.9 Å². The molecule has 0 spiro atoms. The Morgan fingerprint density at radius 2 is 2.50 bits per heavy atom. The Kier molecular flexibility index (Phi) is 3.20. The Morgan fingerprint density at radius 3 is 3.08 bits per heavy atom. The zero-order valence-corrected chi connectivity index (χ0v) is 7.95. The molecule has 0 unspecified atom stereocenters. The minimum absolute atomic E-state index is 0.287. The molecule has 0 amide bonds. The van der Waals surface area contributed by atoms with E-state index in [4.69, 9.17) is 11.0 Å². The number of hydrogen-bond acceptors (Lipinski definition) is 3. The van der Waals surface area contributed by atoms with Gasteiger partial charge in [0, 0.05) is 10.7 Å². The summed E-state index contributed by atoms with van der Waals surface area (Å²) in [7, 11) is 0. The van der Waals surface area contributed by atoms with Gasteiger partial charge in [-0.15, -0.1) is 0 Å². The van der Waals surface area contributed by atoms with E-state index in [1.54, 1.807) is 6.20 Å². The molecule has 0 saturated carbocycles. The Labute approximate surface area is 79.3 Å². The van der Waals surface area contributed by atoms with Crippen LogP contribution in [0.5, 0.6) is 0 Å². The molecule has 0 saturated heterocycles. The van der Waals surface area contributed by atoms with Crippen LogP contribution in [0, 0.1) is 11.3 Å². The lowest BCUT2D eigenvalue weighted by Crippen LogP contribution is -2.11. The second kappa shape index (κ2) is 4.19. The summed E-state index contributed by atoms with van der Waals surface area (Å²) in [5.41, 5.74) is 6.43. The number of halogens is 1. The molecule has 4 heteroatoms. The molecule has 0 radical (unpaired) electrons. The van der Waals surface area contributed by atoms with Crippen LogP contribution in [-0.4, -0.2) is 4.98 Å². The van der Waals surface area contributed by atoms with Gasteiger partial charge in [0.2, 0.25) is 0 Å². The van der Waals surface area contributed by atoms with Crippen LogP contribution in [0.1, 0.15) is 18.2 Å². The van der Waals surface area contributed by atoms with Crippen LogP contribution in [0.3, 0.4) is 0 Å². The van der Waals surface area contributed by atoms with Gasteiger partial charge in [0.05, 0.1) is 24.2 Å². The van der Waals surface area contributed by atoms with E-state index in [-0.39, 0.29) is 12.5 Å². The van der Waals surface area contributed by atoms with Gasteiger partial charge in [0.15, 0.2) is 0 Å². The monoisotopic (exact) mass is 225 g/mol. The fourth-order valence-corrected chi connectivity index (χ4v) is 1.41. The maximum Gasteiger partial charge on any atom is 0.0723 e. The first-order chi connectivity index (χ1) is 5.75. The van der Waals surface area contributed by atoms with E-state index in [2.05, 4.69) is 20.9 Å². The van der Waals surface area contributed by atoms with E-state index in [9.17, 15) is 0 Å². The fraction of sp³-hybridized carbons (Fsp3) is 0.250. The summed E-state index contributed by atoms with van der Waals surface area (Å²) in [4.78, 5) is 4.07. The first-order valence-corrected chi connectivity index (χ1v) is 4.28. The lowest BCUT2D eigenvalue weighted by atomic mass is 10.1. The predicted octanol–water partition coefficient (Wildman–Crippen LogP) is 1.76. The Balaban J connectivity index is 2.88. The number of nitriles is 1. The molecule has 0 aromatic carbocycles. The van der Waals surface area contributed by atoms with E-state index in [0.717, 1.165) is 10.2 Å². The van der Waals surface area contributed by atoms with Crippen LogP contribution >= 0.6 is 15.9 Å². The fourth-order valence-electron chi connectivity index (χ4n) is 0.866. The molecule has 1 atom stereocenters. The molecule has 1 rings (SSSR count). The highest BCUT2D eigenvalue weighted by atomic mass is 79.9. The van der Waals surface area contributed by atoms with E-state index in [0.29, 0.717) is 0 Å². The van der Waals surface area contributed by atoms with Gasteiger partial charge in [-0.25, -0.2) is 0 Å². The molecular weight excluding hydrogens is 218 g/mol.